The van der Waals surface area contributed by atoms with Gasteiger partial charge in [-0.3, -0.25) is 4.79 Å². The summed E-state index contributed by atoms with van der Waals surface area (Å²) in [4.78, 5) is 13.2. The minimum atomic E-state index is -0.628. The van der Waals surface area contributed by atoms with Gasteiger partial charge in [0.1, 0.15) is 0 Å². The van der Waals surface area contributed by atoms with Gasteiger partial charge < -0.3 is 21.1 Å². The number of aliphatic hydroxyl groups excluding tert-OH is 1. The highest BCUT2D eigenvalue weighted by molar-refractivity contribution is 6.18. The maximum Gasteiger partial charge on any atom is 0.250 e. The number of halogens is 1. The Kier molecular flexibility index (Phi) is 5.25. The van der Waals surface area contributed by atoms with Crippen LogP contribution in [0, 0.1) is 0 Å². The summed E-state index contributed by atoms with van der Waals surface area (Å²) in [6.07, 6.45) is -0.628. The summed E-state index contributed by atoms with van der Waals surface area (Å²) in [6.45, 7) is 0.322. The Bertz CT molecular complexity index is 424. The Labute approximate surface area is 112 Å². The molecule has 18 heavy (non-hydrogen) atoms. The Morgan fingerprint density at radius 2 is 2.22 bits per heavy atom. The number of amides is 1. The second-order valence-electron chi connectivity index (χ2n) is 4.18. The molecule has 1 rings (SSSR count). The molecular formula is C12H18ClN3O2. The van der Waals surface area contributed by atoms with Gasteiger partial charge in [-0.25, -0.2) is 0 Å². The van der Waals surface area contributed by atoms with Crippen molar-refractivity contribution in [3.63, 3.8) is 0 Å². The van der Waals surface area contributed by atoms with E-state index in [1.54, 1.807) is 12.1 Å². The lowest BCUT2D eigenvalue weighted by atomic mass is 10.1. The van der Waals surface area contributed by atoms with E-state index in [0.717, 1.165) is 11.4 Å². The van der Waals surface area contributed by atoms with Crippen molar-refractivity contribution in [3.05, 3.63) is 23.8 Å². The molecular weight excluding hydrogens is 254 g/mol. The van der Waals surface area contributed by atoms with Crippen LogP contribution in [0.1, 0.15) is 10.4 Å². The fourth-order valence-corrected chi connectivity index (χ4v) is 1.63. The molecule has 0 radical (unpaired) electrons. The summed E-state index contributed by atoms with van der Waals surface area (Å²) in [5.74, 6) is -0.328. The zero-order valence-corrected chi connectivity index (χ0v) is 11.2. The van der Waals surface area contributed by atoms with Gasteiger partial charge in [-0.15, -0.1) is 11.6 Å². The van der Waals surface area contributed by atoms with E-state index in [-0.39, 0.29) is 5.88 Å². The third kappa shape index (κ3) is 3.78. The van der Waals surface area contributed by atoms with Crippen molar-refractivity contribution in [2.45, 2.75) is 6.10 Å². The highest BCUT2D eigenvalue weighted by atomic mass is 35.5. The summed E-state index contributed by atoms with van der Waals surface area (Å²) >= 11 is 5.50. The first-order valence-corrected chi connectivity index (χ1v) is 6.08. The van der Waals surface area contributed by atoms with Crippen LogP contribution in [-0.2, 0) is 0 Å². The molecule has 0 heterocycles. The van der Waals surface area contributed by atoms with Crippen molar-refractivity contribution in [2.75, 3.05) is 36.7 Å². The Hall–Kier alpha value is -1.46. The number of primary amides is 1. The van der Waals surface area contributed by atoms with Gasteiger partial charge in [-0.05, 0) is 18.2 Å². The molecule has 0 saturated carbocycles. The quantitative estimate of drug-likeness (QED) is 0.671. The number of hydrogen-bond acceptors (Lipinski definition) is 4. The molecule has 1 aromatic carbocycles. The summed E-state index contributed by atoms with van der Waals surface area (Å²) in [5, 5.41) is 12.3. The van der Waals surface area contributed by atoms with Crippen LogP contribution >= 0.6 is 11.6 Å². The average Bonchev–Trinajstić information content (AvgIpc) is 2.35. The molecule has 0 bridgehead atoms. The van der Waals surface area contributed by atoms with Gasteiger partial charge in [0.25, 0.3) is 5.91 Å². The lowest BCUT2D eigenvalue weighted by Gasteiger charge is -2.17. The van der Waals surface area contributed by atoms with Gasteiger partial charge in [0.05, 0.1) is 17.5 Å². The Balaban J connectivity index is 2.90. The standard InChI is InChI=1S/C12H18ClN3O2/c1-16(2)11-4-3-8(5-10(11)12(14)18)15-7-9(17)6-13/h3-5,9,15,17H,6-7H2,1-2H3,(H2,14,18). The molecule has 1 amide bonds. The number of nitrogens with one attached hydrogen (secondary N) is 1. The number of rotatable bonds is 6. The molecule has 0 aliphatic heterocycles. The van der Waals surface area contributed by atoms with Crippen molar-refractivity contribution < 1.29 is 9.90 Å². The SMILES string of the molecule is CN(C)c1ccc(NCC(O)CCl)cc1C(N)=O. The van der Waals surface area contributed by atoms with Crippen LogP contribution < -0.4 is 16.0 Å². The lowest BCUT2D eigenvalue weighted by Crippen LogP contribution is -2.22. The van der Waals surface area contributed by atoms with Crippen molar-refractivity contribution in [1.29, 1.82) is 0 Å². The molecule has 6 heteroatoms. The topological polar surface area (TPSA) is 78.6 Å². The monoisotopic (exact) mass is 271 g/mol. The van der Waals surface area contributed by atoms with Gasteiger partial charge in [-0.1, -0.05) is 0 Å². The number of benzene rings is 1. The number of nitrogens with two attached hydrogens (primary N) is 1. The maximum atomic E-state index is 11.4. The Morgan fingerprint density at radius 3 is 2.72 bits per heavy atom. The fraction of sp³-hybridized carbons (Fsp3) is 0.417. The van der Waals surface area contributed by atoms with E-state index in [2.05, 4.69) is 5.32 Å². The van der Waals surface area contributed by atoms with E-state index >= 15 is 0 Å². The first-order valence-electron chi connectivity index (χ1n) is 5.54. The first kappa shape index (κ1) is 14.6. The zero-order chi connectivity index (χ0) is 13.7. The van der Waals surface area contributed by atoms with Gasteiger partial charge >= 0.3 is 0 Å². The number of alkyl halides is 1. The van der Waals surface area contributed by atoms with Crippen LogP contribution in [0.2, 0.25) is 0 Å². The molecule has 5 nitrogen and oxygen atoms in total. The summed E-state index contributed by atoms with van der Waals surface area (Å²) in [5.41, 5.74) is 7.25. The van der Waals surface area contributed by atoms with Crippen LogP contribution in [-0.4, -0.2) is 43.6 Å². The van der Waals surface area contributed by atoms with Crippen LogP contribution in [0.25, 0.3) is 0 Å². The number of anilines is 2. The average molecular weight is 272 g/mol. The molecule has 0 aromatic heterocycles. The van der Waals surface area contributed by atoms with Crippen molar-refractivity contribution in [1.82, 2.24) is 0 Å². The fourth-order valence-electron chi connectivity index (χ4n) is 1.52. The highest BCUT2D eigenvalue weighted by Gasteiger charge is 2.11. The normalized spacial score (nSPS) is 12.0. The third-order valence-corrected chi connectivity index (χ3v) is 2.82. The minimum absolute atomic E-state index is 0.158. The first-order chi connectivity index (χ1) is 8.45. The second-order valence-corrected chi connectivity index (χ2v) is 4.49. The van der Waals surface area contributed by atoms with Crippen LogP contribution in [0.3, 0.4) is 0 Å². The van der Waals surface area contributed by atoms with Gasteiger partial charge in [0.2, 0.25) is 0 Å². The molecule has 1 aromatic rings. The molecule has 0 spiro atoms. The number of carbonyl (C=O) groups is 1. The maximum absolute atomic E-state index is 11.4. The van der Waals surface area contributed by atoms with Gasteiger partial charge in [0.15, 0.2) is 0 Å². The molecule has 0 aliphatic carbocycles. The number of nitrogens with zero attached hydrogens (tertiary/aromatic N) is 1. The van der Waals surface area contributed by atoms with Crippen LogP contribution in [0.4, 0.5) is 11.4 Å². The molecule has 100 valence electrons. The van der Waals surface area contributed by atoms with Crippen LogP contribution in [0.5, 0.6) is 0 Å². The zero-order valence-electron chi connectivity index (χ0n) is 10.5. The number of aliphatic hydroxyl groups is 1. The predicted molar refractivity (Wildman–Crippen MR) is 74.5 cm³/mol. The second kappa shape index (κ2) is 6.47. The van der Waals surface area contributed by atoms with E-state index in [0.29, 0.717) is 12.1 Å². The Morgan fingerprint density at radius 1 is 1.56 bits per heavy atom. The number of hydrogen-bond donors (Lipinski definition) is 3. The van der Waals surface area contributed by atoms with Crippen molar-refractivity contribution >= 4 is 28.9 Å². The smallest absolute Gasteiger partial charge is 0.250 e. The molecule has 4 N–H and O–H groups in total. The summed E-state index contributed by atoms with van der Waals surface area (Å²) < 4.78 is 0. The lowest BCUT2D eigenvalue weighted by molar-refractivity contribution is 0.100. The molecule has 0 fully saturated rings. The number of carbonyl (C=O) groups excluding carboxylic acids is 1. The van der Waals surface area contributed by atoms with Crippen LogP contribution in [0.15, 0.2) is 18.2 Å². The van der Waals surface area contributed by atoms with E-state index in [4.69, 9.17) is 17.3 Å². The van der Waals surface area contributed by atoms with E-state index in [9.17, 15) is 9.90 Å². The van der Waals surface area contributed by atoms with Crippen molar-refractivity contribution in [2.24, 2.45) is 5.73 Å². The minimum Gasteiger partial charge on any atom is -0.390 e. The van der Waals surface area contributed by atoms with E-state index in [1.165, 1.54) is 0 Å². The van der Waals surface area contributed by atoms with E-state index in [1.807, 2.05) is 25.1 Å². The molecule has 1 atom stereocenters. The van der Waals surface area contributed by atoms with E-state index < -0.39 is 12.0 Å². The highest BCUT2D eigenvalue weighted by Crippen LogP contribution is 2.22. The summed E-state index contributed by atoms with van der Waals surface area (Å²) in [6, 6.07) is 5.29. The van der Waals surface area contributed by atoms with Gasteiger partial charge in [0, 0.05) is 32.0 Å². The largest absolute Gasteiger partial charge is 0.390 e. The van der Waals surface area contributed by atoms with Crippen molar-refractivity contribution in [3.8, 4) is 0 Å². The molecule has 0 aliphatic rings. The van der Waals surface area contributed by atoms with Gasteiger partial charge in [-0.2, -0.15) is 0 Å². The predicted octanol–water partition coefficient (Wildman–Crippen LogP) is 0.863. The third-order valence-electron chi connectivity index (χ3n) is 2.46. The molecule has 1 unspecified atom stereocenters. The molecule has 0 saturated heterocycles. The summed E-state index contributed by atoms with van der Waals surface area (Å²) in [7, 11) is 3.68.